The minimum atomic E-state index is 0.136. The summed E-state index contributed by atoms with van der Waals surface area (Å²) < 4.78 is 7.29. The molecule has 19 heavy (non-hydrogen) atoms. The van der Waals surface area contributed by atoms with Gasteiger partial charge in [-0.25, -0.2) is 4.98 Å². The van der Waals surface area contributed by atoms with Gasteiger partial charge < -0.3 is 10.5 Å². The van der Waals surface area contributed by atoms with E-state index in [1.807, 2.05) is 6.07 Å². The van der Waals surface area contributed by atoms with Gasteiger partial charge in [0.05, 0.1) is 27.4 Å². The maximum absolute atomic E-state index is 6.09. The van der Waals surface area contributed by atoms with E-state index in [0.29, 0.717) is 18.8 Å². The SMILES string of the molecule is NCC1(Cc2nc3ccccc3s2)CC2CCC1O2. The molecule has 0 spiro atoms. The topological polar surface area (TPSA) is 48.1 Å². The zero-order valence-electron chi connectivity index (χ0n) is 10.8. The summed E-state index contributed by atoms with van der Waals surface area (Å²) in [6, 6.07) is 8.35. The lowest BCUT2D eigenvalue weighted by molar-refractivity contribution is 0.0636. The molecule has 0 amide bonds. The molecule has 2 aliphatic heterocycles. The van der Waals surface area contributed by atoms with Gasteiger partial charge in [0.25, 0.3) is 0 Å². The van der Waals surface area contributed by atoms with Crippen molar-refractivity contribution in [3.63, 3.8) is 0 Å². The zero-order valence-corrected chi connectivity index (χ0v) is 11.7. The fourth-order valence-electron chi connectivity index (χ4n) is 3.66. The van der Waals surface area contributed by atoms with E-state index in [-0.39, 0.29) is 5.41 Å². The molecule has 4 rings (SSSR count). The van der Waals surface area contributed by atoms with Crippen molar-refractivity contribution >= 4 is 21.6 Å². The standard InChI is InChI=1S/C15H18N2OS/c16-9-15(7-10-5-6-13(15)18-10)8-14-17-11-3-1-2-4-12(11)19-14/h1-4,10,13H,5-9,16H2. The number of benzene rings is 1. The molecule has 1 aromatic heterocycles. The Morgan fingerprint density at radius 3 is 2.95 bits per heavy atom. The number of nitrogens with zero attached hydrogens (tertiary/aromatic N) is 1. The van der Waals surface area contributed by atoms with E-state index < -0.39 is 0 Å². The van der Waals surface area contributed by atoms with Gasteiger partial charge in [-0.05, 0) is 31.4 Å². The first-order chi connectivity index (χ1) is 9.29. The first kappa shape index (κ1) is 11.8. The monoisotopic (exact) mass is 274 g/mol. The lowest BCUT2D eigenvalue weighted by Gasteiger charge is -2.33. The van der Waals surface area contributed by atoms with Gasteiger partial charge in [-0.2, -0.15) is 0 Å². The average molecular weight is 274 g/mol. The van der Waals surface area contributed by atoms with Crippen LogP contribution in [0.2, 0.25) is 0 Å². The minimum Gasteiger partial charge on any atom is -0.374 e. The number of ether oxygens (including phenoxy) is 1. The molecule has 2 bridgehead atoms. The van der Waals surface area contributed by atoms with Crippen molar-refractivity contribution < 1.29 is 4.74 Å². The normalized spacial score (nSPS) is 33.3. The molecular formula is C15H18N2OS. The lowest BCUT2D eigenvalue weighted by atomic mass is 9.72. The molecule has 2 saturated heterocycles. The van der Waals surface area contributed by atoms with E-state index in [0.717, 1.165) is 18.4 Å². The smallest absolute Gasteiger partial charge is 0.0945 e. The molecule has 3 heterocycles. The van der Waals surface area contributed by atoms with Gasteiger partial charge in [0.2, 0.25) is 0 Å². The second-order valence-corrected chi connectivity index (χ2v) is 6.96. The lowest BCUT2D eigenvalue weighted by Crippen LogP contribution is -2.41. The number of hydrogen-bond acceptors (Lipinski definition) is 4. The number of hydrogen-bond donors (Lipinski definition) is 1. The zero-order chi connectivity index (χ0) is 12.9. The van der Waals surface area contributed by atoms with Crippen LogP contribution in [0.4, 0.5) is 0 Å². The maximum atomic E-state index is 6.09. The third kappa shape index (κ3) is 1.82. The Bertz CT molecular complexity index is 578. The summed E-state index contributed by atoms with van der Waals surface area (Å²) in [5, 5.41) is 1.21. The van der Waals surface area contributed by atoms with Crippen LogP contribution in [-0.4, -0.2) is 23.7 Å². The summed E-state index contributed by atoms with van der Waals surface area (Å²) in [5.74, 6) is 0. The molecule has 1 aromatic carbocycles. The van der Waals surface area contributed by atoms with Gasteiger partial charge in [-0.3, -0.25) is 0 Å². The van der Waals surface area contributed by atoms with Crippen LogP contribution in [0.15, 0.2) is 24.3 Å². The van der Waals surface area contributed by atoms with E-state index in [1.54, 1.807) is 11.3 Å². The molecule has 3 nitrogen and oxygen atoms in total. The van der Waals surface area contributed by atoms with Crippen molar-refractivity contribution in [2.75, 3.05) is 6.54 Å². The molecular weight excluding hydrogens is 256 g/mol. The van der Waals surface area contributed by atoms with E-state index in [9.17, 15) is 0 Å². The Kier molecular flexibility index (Phi) is 2.65. The van der Waals surface area contributed by atoms with Crippen LogP contribution >= 0.6 is 11.3 Å². The number of rotatable bonds is 3. The van der Waals surface area contributed by atoms with Crippen molar-refractivity contribution in [2.24, 2.45) is 11.1 Å². The van der Waals surface area contributed by atoms with Crippen molar-refractivity contribution in [1.82, 2.24) is 4.98 Å². The molecule has 0 saturated carbocycles. The highest BCUT2D eigenvalue weighted by Gasteiger charge is 2.51. The van der Waals surface area contributed by atoms with Crippen LogP contribution in [0.3, 0.4) is 0 Å². The van der Waals surface area contributed by atoms with E-state index >= 15 is 0 Å². The maximum Gasteiger partial charge on any atom is 0.0945 e. The first-order valence-electron chi connectivity index (χ1n) is 6.99. The van der Waals surface area contributed by atoms with E-state index in [4.69, 9.17) is 15.5 Å². The quantitative estimate of drug-likeness (QED) is 0.936. The molecule has 3 unspecified atom stereocenters. The summed E-state index contributed by atoms with van der Waals surface area (Å²) in [5.41, 5.74) is 7.34. The summed E-state index contributed by atoms with van der Waals surface area (Å²) in [6.45, 7) is 0.712. The first-order valence-corrected chi connectivity index (χ1v) is 7.81. The summed E-state index contributed by atoms with van der Waals surface area (Å²) in [7, 11) is 0. The van der Waals surface area contributed by atoms with Crippen molar-refractivity contribution in [3.05, 3.63) is 29.3 Å². The van der Waals surface area contributed by atoms with Crippen LogP contribution in [0.25, 0.3) is 10.2 Å². The van der Waals surface area contributed by atoms with Crippen LogP contribution in [0.5, 0.6) is 0 Å². The van der Waals surface area contributed by atoms with Gasteiger partial charge >= 0.3 is 0 Å². The fraction of sp³-hybridized carbons (Fsp3) is 0.533. The Balaban J connectivity index is 1.66. The Labute approximate surface area is 116 Å². The molecule has 3 atom stereocenters. The highest BCUT2D eigenvalue weighted by molar-refractivity contribution is 7.18. The Morgan fingerprint density at radius 1 is 1.37 bits per heavy atom. The number of fused-ring (bicyclic) bond motifs is 3. The van der Waals surface area contributed by atoms with Gasteiger partial charge in [0.1, 0.15) is 0 Å². The van der Waals surface area contributed by atoms with Gasteiger partial charge in [-0.15, -0.1) is 11.3 Å². The summed E-state index contributed by atoms with van der Waals surface area (Å²) >= 11 is 1.80. The van der Waals surface area contributed by atoms with E-state index in [1.165, 1.54) is 22.5 Å². The second-order valence-electron chi connectivity index (χ2n) is 5.85. The van der Waals surface area contributed by atoms with Crippen molar-refractivity contribution in [1.29, 1.82) is 0 Å². The molecule has 100 valence electrons. The van der Waals surface area contributed by atoms with Crippen LogP contribution < -0.4 is 5.73 Å². The van der Waals surface area contributed by atoms with Crippen molar-refractivity contribution in [2.45, 2.75) is 37.9 Å². The average Bonchev–Trinajstić information content (AvgIpc) is 3.11. The fourth-order valence-corrected chi connectivity index (χ4v) is 4.78. The van der Waals surface area contributed by atoms with Crippen LogP contribution in [-0.2, 0) is 11.2 Å². The number of aromatic nitrogens is 1. The number of para-hydroxylation sites is 1. The molecule has 0 aliphatic carbocycles. The Morgan fingerprint density at radius 2 is 2.26 bits per heavy atom. The summed E-state index contributed by atoms with van der Waals surface area (Å²) in [6.07, 6.45) is 5.28. The second kappa shape index (κ2) is 4.27. The molecule has 2 aromatic rings. The largest absolute Gasteiger partial charge is 0.374 e. The molecule has 2 aliphatic rings. The Hall–Kier alpha value is -0.970. The number of thiazole rings is 1. The van der Waals surface area contributed by atoms with Gasteiger partial charge in [0.15, 0.2) is 0 Å². The third-order valence-electron chi connectivity index (χ3n) is 4.67. The van der Waals surface area contributed by atoms with Crippen LogP contribution in [0.1, 0.15) is 24.3 Å². The third-order valence-corrected chi connectivity index (χ3v) is 5.71. The highest BCUT2D eigenvalue weighted by atomic mass is 32.1. The highest BCUT2D eigenvalue weighted by Crippen LogP contribution is 2.49. The molecule has 4 heteroatoms. The van der Waals surface area contributed by atoms with Crippen molar-refractivity contribution in [3.8, 4) is 0 Å². The molecule has 2 N–H and O–H groups in total. The summed E-state index contributed by atoms with van der Waals surface area (Å²) in [4.78, 5) is 4.76. The van der Waals surface area contributed by atoms with Gasteiger partial charge in [-0.1, -0.05) is 12.1 Å². The molecule has 0 radical (unpaired) electrons. The predicted molar refractivity (Wildman–Crippen MR) is 77.3 cm³/mol. The predicted octanol–water partition coefficient (Wildman–Crippen LogP) is 2.74. The van der Waals surface area contributed by atoms with E-state index in [2.05, 4.69) is 18.2 Å². The molecule has 2 fully saturated rings. The van der Waals surface area contributed by atoms with Gasteiger partial charge in [0, 0.05) is 18.4 Å². The number of nitrogens with two attached hydrogens (primary N) is 1. The minimum absolute atomic E-state index is 0.136. The van der Waals surface area contributed by atoms with Crippen LogP contribution in [0, 0.1) is 5.41 Å².